The molecule has 0 aromatic heterocycles. The number of fused-ring (bicyclic) bond motifs is 2. The molecule has 4 aliphatic heterocycles. The summed E-state index contributed by atoms with van der Waals surface area (Å²) in [6, 6.07) is 6.12. The third-order valence-corrected chi connectivity index (χ3v) is 7.09. The van der Waals surface area contributed by atoms with Gasteiger partial charge in [-0.2, -0.15) is 0 Å². The van der Waals surface area contributed by atoms with E-state index in [2.05, 4.69) is 0 Å². The van der Waals surface area contributed by atoms with E-state index in [4.69, 9.17) is 9.47 Å². The zero-order valence-electron chi connectivity index (χ0n) is 18.6. The van der Waals surface area contributed by atoms with Crippen molar-refractivity contribution < 1.29 is 29.0 Å². The first-order valence-corrected chi connectivity index (χ1v) is 11.1. The fraction of sp³-hybridized carbons (Fsp3) is 0.458. The number of hydrogen-bond acceptors (Lipinski definition) is 6. The largest absolute Gasteiger partial charge is 0.497 e. The van der Waals surface area contributed by atoms with Gasteiger partial charge in [0.1, 0.15) is 17.4 Å². The van der Waals surface area contributed by atoms with E-state index in [-0.39, 0.29) is 30.9 Å². The number of ether oxygens (including phenoxy) is 2. The van der Waals surface area contributed by atoms with Gasteiger partial charge in [0.25, 0.3) is 5.91 Å². The van der Waals surface area contributed by atoms with E-state index in [0.717, 1.165) is 0 Å². The molecule has 5 rings (SSSR count). The number of carbonyl (C=O) groups is 3. The number of aliphatic hydroxyl groups is 1. The molecule has 1 spiro atoms. The molecule has 2 fully saturated rings. The molecule has 33 heavy (non-hydrogen) atoms. The van der Waals surface area contributed by atoms with Crippen LogP contribution in [0.25, 0.3) is 0 Å². The third kappa shape index (κ3) is 3.10. The molecule has 0 bridgehead atoms. The number of rotatable bonds is 4. The summed E-state index contributed by atoms with van der Waals surface area (Å²) in [7, 11) is 3.27. The molecule has 0 aliphatic carbocycles. The molecule has 3 amide bonds. The number of hydrogen-bond donors (Lipinski definition) is 1. The molecular formula is C24H27N3O6. The van der Waals surface area contributed by atoms with Crippen molar-refractivity contribution >= 4 is 23.4 Å². The lowest BCUT2D eigenvalue weighted by Crippen LogP contribution is -2.55. The van der Waals surface area contributed by atoms with Crippen molar-refractivity contribution in [3.05, 3.63) is 48.6 Å². The van der Waals surface area contributed by atoms with E-state index < -0.39 is 29.6 Å². The zero-order chi connectivity index (χ0) is 23.3. The summed E-state index contributed by atoms with van der Waals surface area (Å²) in [6.07, 6.45) is 6.70. The molecule has 1 aromatic carbocycles. The van der Waals surface area contributed by atoms with E-state index in [1.54, 1.807) is 54.3 Å². The Balaban J connectivity index is 1.59. The predicted molar refractivity (Wildman–Crippen MR) is 118 cm³/mol. The SMILES string of the molecule is COc1ccc(N2CC=C[C@]34O[C@@H]5C=CCN(C)C(=O)[C@@H]5[C@H]3C(=O)N(CCO)C4C2=O)cc1. The molecular weight excluding hydrogens is 426 g/mol. The number of anilines is 1. The maximum Gasteiger partial charge on any atom is 0.253 e. The minimum atomic E-state index is -1.28. The van der Waals surface area contributed by atoms with Gasteiger partial charge in [0.05, 0.1) is 31.7 Å². The summed E-state index contributed by atoms with van der Waals surface area (Å²) in [5, 5.41) is 9.69. The lowest BCUT2D eigenvalue weighted by atomic mass is 9.77. The van der Waals surface area contributed by atoms with Gasteiger partial charge in [0, 0.05) is 32.4 Å². The van der Waals surface area contributed by atoms with Gasteiger partial charge in [-0.15, -0.1) is 0 Å². The van der Waals surface area contributed by atoms with Crippen molar-refractivity contribution in [3.63, 3.8) is 0 Å². The van der Waals surface area contributed by atoms with E-state index in [9.17, 15) is 19.5 Å². The fourth-order valence-corrected chi connectivity index (χ4v) is 5.60. The van der Waals surface area contributed by atoms with Crippen LogP contribution in [0.1, 0.15) is 0 Å². The molecule has 4 aliphatic rings. The number of methoxy groups -OCH3 is 1. The van der Waals surface area contributed by atoms with Crippen molar-refractivity contribution in [2.75, 3.05) is 45.3 Å². The number of β-amino-alcohol motifs (C(OH)–C–C–N with tert-alkyl or cyclic N) is 1. The lowest BCUT2D eigenvalue weighted by Gasteiger charge is -2.35. The van der Waals surface area contributed by atoms with Gasteiger partial charge in [-0.3, -0.25) is 14.4 Å². The number of aliphatic hydroxyl groups excluding tert-OH is 1. The highest BCUT2D eigenvalue weighted by molar-refractivity contribution is 6.05. The molecule has 4 heterocycles. The van der Waals surface area contributed by atoms with Crippen LogP contribution >= 0.6 is 0 Å². The molecule has 174 valence electrons. The van der Waals surface area contributed by atoms with E-state index in [1.807, 2.05) is 18.2 Å². The quantitative estimate of drug-likeness (QED) is 0.654. The maximum absolute atomic E-state index is 14.0. The number of carbonyl (C=O) groups excluding carboxylic acids is 3. The van der Waals surface area contributed by atoms with E-state index in [0.29, 0.717) is 24.5 Å². The minimum Gasteiger partial charge on any atom is -0.497 e. The van der Waals surface area contributed by atoms with Gasteiger partial charge in [0.15, 0.2) is 0 Å². The summed E-state index contributed by atoms with van der Waals surface area (Å²) in [6.45, 7) is 0.414. The summed E-state index contributed by atoms with van der Waals surface area (Å²) in [5.41, 5.74) is -0.622. The van der Waals surface area contributed by atoms with Crippen LogP contribution < -0.4 is 9.64 Å². The Labute approximate surface area is 191 Å². The fourth-order valence-electron chi connectivity index (χ4n) is 5.60. The highest BCUT2D eigenvalue weighted by Crippen LogP contribution is 2.53. The number of likely N-dealkylation sites (N-methyl/N-ethyl adjacent to an activating group) is 1. The Bertz CT molecular complexity index is 1040. The second-order valence-electron chi connectivity index (χ2n) is 8.79. The molecule has 9 nitrogen and oxygen atoms in total. The van der Waals surface area contributed by atoms with Gasteiger partial charge in [-0.1, -0.05) is 24.3 Å². The predicted octanol–water partition coefficient (Wildman–Crippen LogP) is 0.199. The average molecular weight is 453 g/mol. The highest BCUT2D eigenvalue weighted by Gasteiger charge is 2.71. The van der Waals surface area contributed by atoms with E-state index in [1.165, 1.54) is 4.90 Å². The smallest absolute Gasteiger partial charge is 0.253 e. The van der Waals surface area contributed by atoms with Gasteiger partial charge >= 0.3 is 0 Å². The molecule has 5 atom stereocenters. The second kappa shape index (κ2) is 8.00. The Kier molecular flexibility index (Phi) is 5.25. The normalized spacial score (nSPS) is 33.1. The Morgan fingerprint density at radius 2 is 1.85 bits per heavy atom. The van der Waals surface area contributed by atoms with Crippen LogP contribution in [-0.4, -0.2) is 90.8 Å². The van der Waals surface area contributed by atoms with Crippen molar-refractivity contribution in [3.8, 4) is 5.75 Å². The van der Waals surface area contributed by atoms with Crippen LogP contribution in [0, 0.1) is 11.8 Å². The Hall–Kier alpha value is -3.17. The maximum atomic E-state index is 14.0. The van der Waals surface area contributed by atoms with Crippen molar-refractivity contribution in [1.82, 2.24) is 9.80 Å². The van der Waals surface area contributed by atoms with Gasteiger partial charge in [0.2, 0.25) is 11.8 Å². The summed E-state index contributed by atoms with van der Waals surface area (Å²) >= 11 is 0. The van der Waals surface area contributed by atoms with Crippen molar-refractivity contribution in [2.24, 2.45) is 11.8 Å². The topological polar surface area (TPSA) is 99.6 Å². The first-order valence-electron chi connectivity index (χ1n) is 11.1. The molecule has 1 aromatic rings. The van der Waals surface area contributed by atoms with Crippen LogP contribution in [0.5, 0.6) is 5.75 Å². The third-order valence-electron chi connectivity index (χ3n) is 7.09. The Morgan fingerprint density at radius 3 is 2.55 bits per heavy atom. The van der Waals surface area contributed by atoms with Crippen LogP contribution in [-0.2, 0) is 19.1 Å². The molecule has 0 saturated carbocycles. The number of amides is 3. The second-order valence-corrected chi connectivity index (χ2v) is 8.79. The van der Waals surface area contributed by atoms with Gasteiger partial charge < -0.3 is 29.3 Å². The molecule has 1 N–H and O–H groups in total. The van der Waals surface area contributed by atoms with Crippen molar-refractivity contribution in [2.45, 2.75) is 17.7 Å². The summed E-state index contributed by atoms with van der Waals surface area (Å²) in [5.74, 6) is -1.73. The van der Waals surface area contributed by atoms with E-state index >= 15 is 0 Å². The monoisotopic (exact) mass is 453 g/mol. The van der Waals surface area contributed by atoms with Gasteiger partial charge in [-0.05, 0) is 24.3 Å². The number of benzene rings is 1. The number of likely N-dealkylation sites (tertiary alicyclic amines) is 1. The van der Waals surface area contributed by atoms with Crippen LogP contribution in [0.3, 0.4) is 0 Å². The van der Waals surface area contributed by atoms with Crippen LogP contribution in [0.2, 0.25) is 0 Å². The van der Waals surface area contributed by atoms with Crippen molar-refractivity contribution in [1.29, 1.82) is 0 Å². The lowest BCUT2D eigenvalue weighted by molar-refractivity contribution is -0.144. The molecule has 1 unspecified atom stereocenters. The average Bonchev–Trinajstić information content (AvgIpc) is 3.13. The first-order chi connectivity index (χ1) is 15.9. The summed E-state index contributed by atoms with van der Waals surface area (Å²) < 4.78 is 11.7. The Morgan fingerprint density at radius 1 is 1.09 bits per heavy atom. The zero-order valence-corrected chi connectivity index (χ0v) is 18.6. The molecule has 0 radical (unpaired) electrons. The summed E-state index contributed by atoms with van der Waals surface area (Å²) in [4.78, 5) is 45.4. The minimum absolute atomic E-state index is 0.0155. The van der Waals surface area contributed by atoms with Crippen LogP contribution in [0.4, 0.5) is 5.69 Å². The van der Waals surface area contributed by atoms with Crippen LogP contribution in [0.15, 0.2) is 48.6 Å². The first kappa shape index (κ1) is 21.7. The highest BCUT2D eigenvalue weighted by atomic mass is 16.5. The van der Waals surface area contributed by atoms with Gasteiger partial charge in [-0.25, -0.2) is 0 Å². The molecule has 2 saturated heterocycles. The number of nitrogens with zero attached hydrogens (tertiary/aromatic N) is 3. The molecule has 9 heteroatoms. The standard InChI is InChI=1S/C24H27N3O6/c1-25-11-3-5-17-18(21(25)29)19-22(30)27(13-14-28)20-23(31)26(12-4-10-24(19,20)33-17)15-6-8-16(32-2)9-7-15/h3-10,17-20,28H,11-14H2,1-2H3/t17-,18+,19+,20?,24+/m1/s1.